The summed E-state index contributed by atoms with van der Waals surface area (Å²) in [7, 11) is 0. The summed E-state index contributed by atoms with van der Waals surface area (Å²) < 4.78 is 5.48. The molecule has 0 aromatic heterocycles. The lowest BCUT2D eigenvalue weighted by Crippen LogP contribution is -2.37. The molecule has 5 nitrogen and oxygen atoms in total. The Morgan fingerprint density at radius 2 is 2.04 bits per heavy atom. The zero-order chi connectivity index (χ0) is 18.2. The second kappa shape index (κ2) is 6.87. The molecule has 0 bridgehead atoms. The number of benzene rings is 1. The fourth-order valence-corrected chi connectivity index (χ4v) is 3.86. The van der Waals surface area contributed by atoms with E-state index in [4.69, 9.17) is 16.3 Å². The van der Waals surface area contributed by atoms with Crippen LogP contribution in [0, 0.1) is 5.92 Å². The summed E-state index contributed by atoms with van der Waals surface area (Å²) in [4.78, 5) is 26.6. The number of amides is 2. The fraction of sp³-hybridized carbons (Fsp3) is 0.579. The van der Waals surface area contributed by atoms with E-state index in [1.165, 1.54) is 0 Å². The van der Waals surface area contributed by atoms with Gasteiger partial charge in [-0.2, -0.15) is 0 Å². The van der Waals surface area contributed by atoms with Crippen LogP contribution in [0.2, 0.25) is 5.02 Å². The Hall–Kier alpha value is -1.75. The highest BCUT2D eigenvalue weighted by Gasteiger charge is 2.38. The van der Waals surface area contributed by atoms with Crippen LogP contribution in [-0.4, -0.2) is 35.6 Å². The van der Waals surface area contributed by atoms with Gasteiger partial charge in [-0.3, -0.25) is 4.79 Å². The van der Waals surface area contributed by atoms with Gasteiger partial charge in [-0.1, -0.05) is 17.7 Å². The molecule has 2 aliphatic rings. The number of anilines is 1. The number of halogens is 1. The summed E-state index contributed by atoms with van der Waals surface area (Å²) in [6.45, 7) is 6.91. The second-order valence-electron chi connectivity index (χ2n) is 7.86. The number of ether oxygens (including phenoxy) is 1. The van der Waals surface area contributed by atoms with E-state index in [-0.39, 0.29) is 23.8 Å². The monoisotopic (exact) mass is 364 g/mol. The predicted molar refractivity (Wildman–Crippen MR) is 98.0 cm³/mol. The molecule has 2 heterocycles. The number of fused-ring (bicyclic) bond motifs is 1. The van der Waals surface area contributed by atoms with Crippen LogP contribution < -0.4 is 5.32 Å². The smallest absolute Gasteiger partial charge is 0.410 e. The second-order valence-corrected chi connectivity index (χ2v) is 8.29. The average Bonchev–Trinajstić information content (AvgIpc) is 2.68. The van der Waals surface area contributed by atoms with Crippen molar-refractivity contribution >= 4 is 29.3 Å². The molecule has 2 amide bonds. The molecule has 2 atom stereocenters. The zero-order valence-corrected chi connectivity index (χ0v) is 15.7. The Labute approximate surface area is 153 Å². The molecule has 25 heavy (non-hydrogen) atoms. The number of carbonyl (C=O) groups is 2. The van der Waals surface area contributed by atoms with Crippen molar-refractivity contribution in [3.63, 3.8) is 0 Å². The standard InChI is InChI=1S/C19H25ClN2O3/c1-19(2,3)25-18(24)22-9-4-5-12(8-10-22)16-14-7-6-13(20)11-15(14)21-17(16)23/h6-7,11-12,16H,4-5,8-10H2,1-3H3,(H,21,23). The molecule has 1 N–H and O–H groups in total. The highest BCUT2D eigenvalue weighted by Crippen LogP contribution is 2.42. The Morgan fingerprint density at radius 1 is 1.28 bits per heavy atom. The van der Waals surface area contributed by atoms with Crippen LogP contribution in [0.1, 0.15) is 51.5 Å². The van der Waals surface area contributed by atoms with E-state index in [0.29, 0.717) is 18.1 Å². The highest BCUT2D eigenvalue weighted by molar-refractivity contribution is 6.31. The van der Waals surface area contributed by atoms with Gasteiger partial charge in [-0.05, 0) is 63.6 Å². The van der Waals surface area contributed by atoms with Gasteiger partial charge in [-0.15, -0.1) is 0 Å². The number of nitrogens with one attached hydrogen (secondary N) is 1. The van der Waals surface area contributed by atoms with E-state index >= 15 is 0 Å². The maximum absolute atomic E-state index is 12.5. The molecule has 1 saturated heterocycles. The number of rotatable bonds is 1. The molecule has 2 unspecified atom stereocenters. The molecule has 0 radical (unpaired) electrons. The van der Waals surface area contributed by atoms with Gasteiger partial charge < -0.3 is 15.0 Å². The molecule has 1 fully saturated rings. The van der Waals surface area contributed by atoms with E-state index in [0.717, 1.165) is 30.5 Å². The fourth-order valence-electron chi connectivity index (χ4n) is 3.69. The predicted octanol–water partition coefficient (Wildman–Crippen LogP) is 4.41. The third-order valence-electron chi connectivity index (χ3n) is 4.79. The largest absolute Gasteiger partial charge is 0.444 e. The summed E-state index contributed by atoms with van der Waals surface area (Å²) in [6.07, 6.45) is 2.31. The van der Waals surface area contributed by atoms with Crippen molar-refractivity contribution in [2.24, 2.45) is 5.92 Å². The van der Waals surface area contributed by atoms with Crippen LogP contribution in [0.25, 0.3) is 0 Å². The molecule has 2 aliphatic heterocycles. The Bertz CT molecular complexity index is 684. The molecule has 0 spiro atoms. The topological polar surface area (TPSA) is 58.6 Å². The van der Waals surface area contributed by atoms with E-state index in [1.807, 2.05) is 32.9 Å². The maximum Gasteiger partial charge on any atom is 0.410 e. The highest BCUT2D eigenvalue weighted by atomic mass is 35.5. The summed E-state index contributed by atoms with van der Waals surface area (Å²) in [5.41, 5.74) is 1.34. The van der Waals surface area contributed by atoms with Crippen LogP contribution in [-0.2, 0) is 9.53 Å². The van der Waals surface area contributed by atoms with Gasteiger partial charge in [0.2, 0.25) is 5.91 Å². The minimum atomic E-state index is -0.494. The summed E-state index contributed by atoms with van der Waals surface area (Å²) in [6, 6.07) is 5.58. The van der Waals surface area contributed by atoms with Gasteiger partial charge in [0.15, 0.2) is 0 Å². The third-order valence-corrected chi connectivity index (χ3v) is 5.02. The molecular formula is C19H25ClN2O3. The number of hydrogen-bond donors (Lipinski definition) is 1. The van der Waals surface area contributed by atoms with Crippen LogP contribution in [0.3, 0.4) is 0 Å². The first kappa shape index (κ1) is 18.1. The molecule has 3 rings (SSSR count). The molecular weight excluding hydrogens is 340 g/mol. The zero-order valence-electron chi connectivity index (χ0n) is 15.0. The number of hydrogen-bond acceptors (Lipinski definition) is 3. The van der Waals surface area contributed by atoms with Crippen molar-refractivity contribution in [2.45, 2.75) is 51.6 Å². The van der Waals surface area contributed by atoms with Crippen LogP contribution >= 0.6 is 11.6 Å². The lowest BCUT2D eigenvalue weighted by atomic mass is 9.82. The quantitative estimate of drug-likeness (QED) is 0.802. The van der Waals surface area contributed by atoms with E-state index in [1.54, 1.807) is 11.0 Å². The normalized spacial score (nSPS) is 23.7. The van der Waals surface area contributed by atoms with Crippen LogP contribution in [0.5, 0.6) is 0 Å². The van der Waals surface area contributed by atoms with Gasteiger partial charge in [0.25, 0.3) is 0 Å². The minimum Gasteiger partial charge on any atom is -0.444 e. The van der Waals surface area contributed by atoms with Gasteiger partial charge in [-0.25, -0.2) is 4.79 Å². The molecule has 0 saturated carbocycles. The summed E-state index contributed by atoms with van der Waals surface area (Å²) in [5, 5.41) is 3.56. The van der Waals surface area contributed by atoms with Crippen molar-refractivity contribution in [3.8, 4) is 0 Å². The first-order valence-corrected chi connectivity index (χ1v) is 9.20. The van der Waals surface area contributed by atoms with Crippen molar-refractivity contribution < 1.29 is 14.3 Å². The minimum absolute atomic E-state index is 0.0352. The number of nitrogens with zero attached hydrogens (tertiary/aromatic N) is 1. The Balaban J connectivity index is 1.70. The first-order chi connectivity index (χ1) is 11.7. The van der Waals surface area contributed by atoms with Gasteiger partial charge >= 0.3 is 6.09 Å². The SMILES string of the molecule is CC(C)(C)OC(=O)N1CCCC(C2C(=O)Nc3cc(Cl)ccc32)CC1. The van der Waals surface area contributed by atoms with Crippen LogP contribution in [0.15, 0.2) is 18.2 Å². The van der Waals surface area contributed by atoms with Crippen molar-refractivity contribution in [1.82, 2.24) is 4.90 Å². The van der Waals surface area contributed by atoms with Gasteiger partial charge in [0.05, 0.1) is 5.92 Å². The van der Waals surface area contributed by atoms with Crippen molar-refractivity contribution in [3.05, 3.63) is 28.8 Å². The Kier molecular flexibility index (Phi) is 4.96. The maximum atomic E-state index is 12.5. The summed E-state index contributed by atoms with van der Waals surface area (Å²) >= 11 is 6.03. The molecule has 1 aromatic carbocycles. The average molecular weight is 365 g/mol. The molecule has 0 aliphatic carbocycles. The number of carbonyl (C=O) groups excluding carboxylic acids is 2. The molecule has 136 valence electrons. The Morgan fingerprint density at radius 3 is 2.76 bits per heavy atom. The number of likely N-dealkylation sites (tertiary alicyclic amines) is 1. The van der Waals surface area contributed by atoms with Crippen LogP contribution in [0.4, 0.5) is 10.5 Å². The summed E-state index contributed by atoms with van der Waals surface area (Å²) in [5.74, 6) is 0.0914. The first-order valence-electron chi connectivity index (χ1n) is 8.83. The van der Waals surface area contributed by atoms with Crippen molar-refractivity contribution in [1.29, 1.82) is 0 Å². The van der Waals surface area contributed by atoms with E-state index in [2.05, 4.69) is 5.32 Å². The third kappa shape index (κ3) is 4.09. The van der Waals surface area contributed by atoms with E-state index in [9.17, 15) is 9.59 Å². The van der Waals surface area contributed by atoms with E-state index < -0.39 is 5.60 Å². The molecule has 6 heteroatoms. The van der Waals surface area contributed by atoms with Crippen molar-refractivity contribution in [2.75, 3.05) is 18.4 Å². The van der Waals surface area contributed by atoms with Gasteiger partial charge in [0.1, 0.15) is 5.60 Å². The lowest BCUT2D eigenvalue weighted by molar-refractivity contribution is -0.118. The van der Waals surface area contributed by atoms with Gasteiger partial charge in [0, 0.05) is 23.8 Å². The lowest BCUT2D eigenvalue weighted by Gasteiger charge is -2.26. The molecule has 1 aromatic rings.